The third-order valence-corrected chi connectivity index (χ3v) is 2.29. The van der Waals surface area contributed by atoms with E-state index in [-0.39, 0.29) is 0 Å². The second-order valence-electron chi connectivity index (χ2n) is 2.33. The molecule has 0 unspecified atom stereocenters. The van der Waals surface area contributed by atoms with Crippen molar-refractivity contribution in [2.75, 3.05) is 0 Å². The van der Waals surface area contributed by atoms with Crippen molar-refractivity contribution in [2.45, 2.75) is 17.8 Å². The maximum atomic E-state index is 11.7. The molecule has 0 heterocycles. The molecule has 0 nitrogen and oxygen atoms in total. The molecule has 15 heavy (non-hydrogen) atoms. The molecule has 94 valence electrons. The van der Waals surface area contributed by atoms with Crippen LogP contribution in [-0.4, -0.2) is 17.8 Å². The zero-order valence-corrected chi connectivity index (χ0v) is 7.00. The quantitative estimate of drug-likeness (QED) is 0.498. The van der Waals surface area contributed by atoms with E-state index < -0.39 is 25.6 Å². The van der Waals surface area contributed by atoms with Gasteiger partial charge in [-0.05, 0) is 0 Å². The summed E-state index contributed by atoms with van der Waals surface area (Å²) in [6.07, 6.45) is -7.20. The summed E-state index contributed by atoms with van der Waals surface area (Å²) >= 11 is 0. The van der Waals surface area contributed by atoms with Crippen LogP contribution in [0, 0.1) is 0 Å². The van der Waals surface area contributed by atoms with Gasteiger partial charge in [-0.25, -0.2) is 0 Å². The van der Waals surface area contributed by atoms with Crippen molar-refractivity contribution in [1.29, 1.82) is 0 Å². The van der Waals surface area contributed by atoms with Gasteiger partial charge in [0.2, 0.25) is 0 Å². The molecule has 0 rings (SSSR count). The maximum absolute atomic E-state index is 11.7. The van der Waals surface area contributed by atoms with E-state index in [0.29, 0.717) is 0 Å². The van der Waals surface area contributed by atoms with Gasteiger partial charge in [0.15, 0.2) is 0 Å². The summed E-state index contributed by atoms with van der Waals surface area (Å²) in [6, 6.07) is 0. The molecule has 0 aliphatic heterocycles. The van der Waals surface area contributed by atoms with E-state index in [4.69, 9.17) is 0 Å². The molecule has 0 fully saturated rings. The fraction of sp³-hybridized carbons (Fsp3) is 1.00. The molecular formula is C3F11P. The van der Waals surface area contributed by atoms with E-state index in [1.165, 1.54) is 0 Å². The van der Waals surface area contributed by atoms with Crippen molar-refractivity contribution >= 4 is 7.85 Å². The molecule has 0 radical (unpaired) electrons. The van der Waals surface area contributed by atoms with E-state index in [0.717, 1.165) is 0 Å². The Morgan fingerprint density at radius 1 is 0.600 bits per heavy atom. The van der Waals surface area contributed by atoms with Crippen LogP contribution in [0.25, 0.3) is 0 Å². The summed E-state index contributed by atoms with van der Waals surface area (Å²) in [5, 5.41) is 0. The first-order chi connectivity index (χ1) is 6.01. The normalized spacial score (nSPS) is 18.5. The SMILES string of the molecule is FC(F)(F)C(F)(F)C(F)(F)P(F)(F)(F)F. The molecule has 0 saturated carbocycles. The Bertz CT molecular complexity index is 244. The third-order valence-electron chi connectivity index (χ3n) is 1.16. The van der Waals surface area contributed by atoms with Crippen molar-refractivity contribution < 1.29 is 47.5 Å². The fourth-order valence-corrected chi connectivity index (χ4v) is 0.934. The average Bonchev–Trinajstić information content (AvgIpc) is 1.79. The van der Waals surface area contributed by atoms with Crippen LogP contribution in [0.4, 0.5) is 47.5 Å². The standard InChI is InChI=1S/C3F11P/c4-1(5,2(6,7)8)3(9,10)15(11,12,13)14. The monoisotopic (exact) mass is 276 g/mol. The zero-order chi connectivity index (χ0) is 12.9. The number of halogens is 11. The molecule has 0 aromatic heterocycles. The Kier molecular flexibility index (Phi) is 2.80. The summed E-state index contributed by atoms with van der Waals surface area (Å²) in [6.45, 7) is 0. The van der Waals surface area contributed by atoms with Gasteiger partial charge >= 0.3 is 73.1 Å². The van der Waals surface area contributed by atoms with Crippen LogP contribution in [-0.2, 0) is 0 Å². The molecule has 0 bridgehead atoms. The molecule has 0 N–H and O–H groups in total. The van der Waals surface area contributed by atoms with Crippen LogP contribution in [0.15, 0.2) is 0 Å². The third kappa shape index (κ3) is 2.11. The molecule has 0 saturated heterocycles. The Labute approximate surface area is 74.4 Å². The molecular weight excluding hydrogens is 276 g/mol. The Morgan fingerprint density at radius 2 is 0.867 bits per heavy atom. The number of alkyl halides is 7. The first kappa shape index (κ1) is 14.7. The second kappa shape index (κ2) is 2.86. The molecule has 0 aliphatic rings. The van der Waals surface area contributed by atoms with Crippen molar-refractivity contribution in [2.24, 2.45) is 0 Å². The topological polar surface area (TPSA) is 0 Å². The van der Waals surface area contributed by atoms with Gasteiger partial charge in [-0.2, -0.15) is 0 Å². The molecule has 0 atom stereocenters. The van der Waals surface area contributed by atoms with Gasteiger partial charge in [0.1, 0.15) is 0 Å². The van der Waals surface area contributed by atoms with Crippen molar-refractivity contribution in [3.8, 4) is 0 Å². The van der Waals surface area contributed by atoms with E-state index in [1.807, 2.05) is 0 Å². The van der Waals surface area contributed by atoms with Crippen LogP contribution in [0.2, 0.25) is 0 Å². The summed E-state index contributed by atoms with van der Waals surface area (Å²) in [5.41, 5.74) is -7.74. The van der Waals surface area contributed by atoms with E-state index in [2.05, 4.69) is 0 Å². The van der Waals surface area contributed by atoms with Crippen LogP contribution in [0.5, 0.6) is 0 Å². The Morgan fingerprint density at radius 3 is 0.933 bits per heavy atom. The van der Waals surface area contributed by atoms with Gasteiger partial charge < -0.3 is 0 Å². The number of hydrogen-bond donors (Lipinski definition) is 0. The predicted molar refractivity (Wildman–Crippen MR) is 27.3 cm³/mol. The number of hydrogen-bond acceptors (Lipinski definition) is 0. The van der Waals surface area contributed by atoms with Gasteiger partial charge in [0.25, 0.3) is 0 Å². The second-order valence-corrected chi connectivity index (χ2v) is 4.34. The molecule has 0 aromatic rings. The molecule has 0 aliphatic carbocycles. The van der Waals surface area contributed by atoms with E-state index in [9.17, 15) is 47.5 Å². The van der Waals surface area contributed by atoms with Gasteiger partial charge in [-0.1, -0.05) is 0 Å². The Balaban J connectivity index is 5.61. The molecule has 0 amide bonds. The first-order valence-corrected chi connectivity index (χ1v) is 4.52. The average molecular weight is 276 g/mol. The van der Waals surface area contributed by atoms with Crippen molar-refractivity contribution in [1.82, 2.24) is 0 Å². The van der Waals surface area contributed by atoms with Gasteiger partial charge in [0.05, 0.1) is 0 Å². The summed E-state index contributed by atoms with van der Waals surface area (Å²) in [7, 11) is -10.4. The summed E-state index contributed by atoms with van der Waals surface area (Å²) in [5.74, 6) is -7.50. The van der Waals surface area contributed by atoms with E-state index in [1.54, 1.807) is 0 Å². The molecule has 0 aromatic carbocycles. The Hall–Kier alpha value is -0.340. The van der Waals surface area contributed by atoms with Crippen LogP contribution < -0.4 is 0 Å². The zero-order valence-electron chi connectivity index (χ0n) is 6.10. The molecule has 12 heteroatoms. The van der Waals surface area contributed by atoms with Crippen LogP contribution >= 0.6 is 7.85 Å². The van der Waals surface area contributed by atoms with Crippen LogP contribution in [0.3, 0.4) is 0 Å². The first-order valence-electron chi connectivity index (χ1n) is 2.72. The molecule has 0 spiro atoms. The van der Waals surface area contributed by atoms with Gasteiger partial charge in [-0.15, -0.1) is 0 Å². The predicted octanol–water partition coefficient (Wildman–Crippen LogP) is 4.87. The fourth-order valence-electron chi connectivity index (χ4n) is 0.383. The minimum atomic E-state index is -10.4. The summed E-state index contributed by atoms with van der Waals surface area (Å²) in [4.78, 5) is 0. The van der Waals surface area contributed by atoms with E-state index >= 15 is 0 Å². The van der Waals surface area contributed by atoms with Gasteiger partial charge in [0, 0.05) is 0 Å². The summed E-state index contributed by atoms with van der Waals surface area (Å²) < 4.78 is 125. The van der Waals surface area contributed by atoms with Crippen LogP contribution in [0.1, 0.15) is 0 Å². The van der Waals surface area contributed by atoms with Gasteiger partial charge in [-0.3, -0.25) is 0 Å². The number of rotatable bonds is 2. The van der Waals surface area contributed by atoms with Crippen molar-refractivity contribution in [3.63, 3.8) is 0 Å². The minimum absolute atomic E-state index is 7.20. The van der Waals surface area contributed by atoms with Crippen molar-refractivity contribution in [3.05, 3.63) is 0 Å².